The van der Waals surface area contributed by atoms with Crippen molar-refractivity contribution >= 4 is 6.09 Å². The van der Waals surface area contributed by atoms with Crippen molar-refractivity contribution in [2.45, 2.75) is 19.4 Å². The SMILES string of the molecule is Cc1cccc([C@H]2CCOC(=O)N2)c1O. The lowest BCUT2D eigenvalue weighted by atomic mass is 10.00. The fraction of sp³-hybridized carbons (Fsp3) is 0.364. The average molecular weight is 207 g/mol. The van der Waals surface area contributed by atoms with Gasteiger partial charge in [-0.25, -0.2) is 4.79 Å². The normalized spacial score (nSPS) is 20.6. The third-order valence-corrected chi connectivity index (χ3v) is 2.58. The van der Waals surface area contributed by atoms with E-state index in [1.807, 2.05) is 25.1 Å². The number of aromatic hydroxyl groups is 1. The molecule has 1 fully saturated rings. The van der Waals surface area contributed by atoms with Crippen LogP contribution in [-0.2, 0) is 4.74 Å². The lowest BCUT2D eigenvalue weighted by Crippen LogP contribution is -2.35. The number of alkyl carbamates (subject to hydrolysis) is 1. The summed E-state index contributed by atoms with van der Waals surface area (Å²) in [6, 6.07) is 5.37. The van der Waals surface area contributed by atoms with Gasteiger partial charge in [0.2, 0.25) is 0 Å². The van der Waals surface area contributed by atoms with Crippen LogP contribution in [0.1, 0.15) is 23.6 Å². The number of cyclic esters (lactones) is 1. The van der Waals surface area contributed by atoms with Gasteiger partial charge in [0, 0.05) is 12.0 Å². The molecule has 0 bridgehead atoms. The first-order valence-corrected chi connectivity index (χ1v) is 4.90. The molecule has 80 valence electrons. The van der Waals surface area contributed by atoms with E-state index in [4.69, 9.17) is 4.74 Å². The minimum absolute atomic E-state index is 0.147. The zero-order valence-electron chi connectivity index (χ0n) is 8.49. The maximum atomic E-state index is 11.0. The Balaban J connectivity index is 2.28. The van der Waals surface area contributed by atoms with E-state index in [0.29, 0.717) is 13.0 Å². The Hall–Kier alpha value is -1.71. The quantitative estimate of drug-likeness (QED) is 0.739. The summed E-state index contributed by atoms with van der Waals surface area (Å²) in [4.78, 5) is 11.0. The van der Waals surface area contributed by atoms with Gasteiger partial charge >= 0.3 is 6.09 Å². The summed E-state index contributed by atoms with van der Waals surface area (Å²) < 4.78 is 4.77. The number of aryl methyl sites for hydroxylation is 1. The van der Waals surface area contributed by atoms with Crippen LogP contribution in [0, 0.1) is 6.92 Å². The molecule has 0 aromatic heterocycles. The number of para-hydroxylation sites is 1. The third-order valence-electron chi connectivity index (χ3n) is 2.58. The van der Waals surface area contributed by atoms with E-state index in [-0.39, 0.29) is 11.8 Å². The van der Waals surface area contributed by atoms with Crippen LogP contribution in [0.4, 0.5) is 4.79 Å². The molecule has 1 heterocycles. The van der Waals surface area contributed by atoms with E-state index < -0.39 is 6.09 Å². The van der Waals surface area contributed by atoms with Crippen LogP contribution in [0.5, 0.6) is 5.75 Å². The first-order valence-electron chi connectivity index (χ1n) is 4.90. The van der Waals surface area contributed by atoms with Crippen LogP contribution >= 0.6 is 0 Å². The average Bonchev–Trinajstić information content (AvgIpc) is 2.22. The van der Waals surface area contributed by atoms with Gasteiger partial charge in [0.15, 0.2) is 0 Å². The number of nitrogens with one attached hydrogen (secondary N) is 1. The number of hydrogen-bond donors (Lipinski definition) is 2. The van der Waals surface area contributed by atoms with Gasteiger partial charge < -0.3 is 15.2 Å². The molecule has 2 rings (SSSR count). The van der Waals surface area contributed by atoms with E-state index >= 15 is 0 Å². The van der Waals surface area contributed by atoms with E-state index in [1.54, 1.807) is 0 Å². The van der Waals surface area contributed by atoms with E-state index in [0.717, 1.165) is 11.1 Å². The highest BCUT2D eigenvalue weighted by Crippen LogP contribution is 2.30. The number of rotatable bonds is 1. The van der Waals surface area contributed by atoms with Crippen molar-refractivity contribution in [1.82, 2.24) is 5.32 Å². The Kier molecular flexibility index (Phi) is 2.49. The lowest BCUT2D eigenvalue weighted by molar-refractivity contribution is 0.115. The minimum atomic E-state index is -0.424. The molecule has 4 heteroatoms. The van der Waals surface area contributed by atoms with Gasteiger partial charge in [-0.2, -0.15) is 0 Å². The molecule has 1 atom stereocenters. The number of carbonyl (C=O) groups is 1. The molecule has 1 aliphatic rings. The first kappa shape index (κ1) is 9.83. The van der Waals surface area contributed by atoms with Crippen molar-refractivity contribution in [3.05, 3.63) is 29.3 Å². The van der Waals surface area contributed by atoms with Gasteiger partial charge in [-0.1, -0.05) is 18.2 Å². The molecule has 0 aliphatic carbocycles. The fourth-order valence-electron chi connectivity index (χ4n) is 1.72. The van der Waals surface area contributed by atoms with Crippen molar-refractivity contribution in [3.8, 4) is 5.75 Å². The van der Waals surface area contributed by atoms with E-state index in [9.17, 15) is 9.90 Å². The predicted octanol–water partition coefficient (Wildman–Crippen LogP) is 1.87. The molecule has 0 radical (unpaired) electrons. The standard InChI is InChI=1S/C11H13NO3/c1-7-3-2-4-8(10(7)13)9-5-6-15-11(14)12-9/h2-4,9,13H,5-6H2,1H3,(H,12,14)/t9-/m1/s1. The maximum absolute atomic E-state index is 11.0. The smallest absolute Gasteiger partial charge is 0.407 e. The number of benzene rings is 1. The zero-order chi connectivity index (χ0) is 10.8. The number of ether oxygens (including phenoxy) is 1. The Morgan fingerprint density at radius 2 is 2.33 bits per heavy atom. The topological polar surface area (TPSA) is 58.6 Å². The summed E-state index contributed by atoms with van der Waals surface area (Å²) in [6.07, 6.45) is 0.259. The summed E-state index contributed by atoms with van der Waals surface area (Å²) in [5, 5.41) is 12.5. The molecule has 0 saturated carbocycles. The van der Waals surface area contributed by atoms with Gasteiger partial charge in [-0.05, 0) is 12.5 Å². The molecule has 2 N–H and O–H groups in total. The summed E-state index contributed by atoms with van der Waals surface area (Å²) >= 11 is 0. The molecule has 0 unspecified atom stereocenters. The molecule has 1 aromatic carbocycles. The molecule has 1 saturated heterocycles. The summed E-state index contributed by atoms with van der Waals surface area (Å²) in [5.41, 5.74) is 1.57. The molecular formula is C11H13NO3. The number of phenolic OH excluding ortho intramolecular Hbond substituents is 1. The monoisotopic (exact) mass is 207 g/mol. The molecule has 1 amide bonds. The highest BCUT2D eigenvalue weighted by molar-refractivity contribution is 5.69. The molecule has 1 aliphatic heterocycles. The first-order chi connectivity index (χ1) is 7.18. The van der Waals surface area contributed by atoms with Gasteiger partial charge in [0.05, 0.1) is 12.6 Å². The largest absolute Gasteiger partial charge is 0.507 e. The summed E-state index contributed by atoms with van der Waals surface area (Å²) in [6.45, 7) is 2.23. The number of amides is 1. The van der Waals surface area contributed by atoms with Crippen molar-refractivity contribution in [1.29, 1.82) is 0 Å². The lowest BCUT2D eigenvalue weighted by Gasteiger charge is -2.24. The van der Waals surface area contributed by atoms with Gasteiger partial charge in [-0.3, -0.25) is 0 Å². The molecule has 0 spiro atoms. The van der Waals surface area contributed by atoms with E-state index in [2.05, 4.69) is 5.32 Å². The van der Waals surface area contributed by atoms with Crippen LogP contribution in [0.15, 0.2) is 18.2 Å². The predicted molar refractivity (Wildman–Crippen MR) is 54.7 cm³/mol. The zero-order valence-corrected chi connectivity index (χ0v) is 8.49. The second-order valence-electron chi connectivity index (χ2n) is 3.63. The molecule has 4 nitrogen and oxygen atoms in total. The van der Waals surface area contributed by atoms with Gasteiger partial charge in [-0.15, -0.1) is 0 Å². The maximum Gasteiger partial charge on any atom is 0.407 e. The summed E-state index contributed by atoms with van der Waals surface area (Å²) in [5.74, 6) is 0.254. The minimum Gasteiger partial charge on any atom is -0.507 e. The van der Waals surface area contributed by atoms with Crippen LogP contribution in [0.3, 0.4) is 0 Å². The fourth-order valence-corrected chi connectivity index (χ4v) is 1.72. The van der Waals surface area contributed by atoms with Crippen LogP contribution in [-0.4, -0.2) is 17.8 Å². The van der Waals surface area contributed by atoms with Crippen molar-refractivity contribution < 1.29 is 14.6 Å². The number of carbonyl (C=O) groups excluding carboxylic acids is 1. The Labute approximate surface area is 87.9 Å². The molecule has 15 heavy (non-hydrogen) atoms. The second-order valence-corrected chi connectivity index (χ2v) is 3.63. The van der Waals surface area contributed by atoms with Gasteiger partial charge in [0.1, 0.15) is 5.75 Å². The number of hydrogen-bond acceptors (Lipinski definition) is 3. The van der Waals surface area contributed by atoms with E-state index in [1.165, 1.54) is 0 Å². The molecule has 1 aromatic rings. The highest BCUT2D eigenvalue weighted by Gasteiger charge is 2.23. The summed E-state index contributed by atoms with van der Waals surface area (Å²) in [7, 11) is 0. The van der Waals surface area contributed by atoms with Crippen molar-refractivity contribution in [2.24, 2.45) is 0 Å². The van der Waals surface area contributed by atoms with Crippen LogP contribution in [0.25, 0.3) is 0 Å². The van der Waals surface area contributed by atoms with Crippen LogP contribution < -0.4 is 5.32 Å². The second kappa shape index (κ2) is 3.81. The Morgan fingerprint density at radius 3 is 3.07 bits per heavy atom. The van der Waals surface area contributed by atoms with Crippen LogP contribution in [0.2, 0.25) is 0 Å². The molecular weight excluding hydrogens is 194 g/mol. The van der Waals surface area contributed by atoms with Crippen molar-refractivity contribution in [3.63, 3.8) is 0 Å². The number of phenols is 1. The van der Waals surface area contributed by atoms with Gasteiger partial charge in [0.25, 0.3) is 0 Å². The highest BCUT2D eigenvalue weighted by atomic mass is 16.5. The van der Waals surface area contributed by atoms with Crippen molar-refractivity contribution in [2.75, 3.05) is 6.61 Å². The third kappa shape index (κ3) is 1.88. The Bertz CT molecular complexity index is 389. The Morgan fingerprint density at radius 1 is 1.53 bits per heavy atom.